The third kappa shape index (κ3) is 36.8. The Morgan fingerprint density at radius 3 is 0.650 bits per heavy atom. The zero-order valence-corrected chi connectivity index (χ0v) is 17.2. The zero-order valence-electron chi connectivity index (χ0n) is 11.2. The fraction of sp³-hybridized carbons (Fsp3) is 0. The third-order valence-electron chi connectivity index (χ3n) is 0.425. The molecule has 0 aliphatic carbocycles. The summed E-state index contributed by atoms with van der Waals surface area (Å²) in [6.07, 6.45) is 0. The molecule has 0 unspecified atom stereocenters. The van der Waals surface area contributed by atoms with Crippen molar-refractivity contribution < 1.29 is 88.4 Å². The topological polar surface area (TPSA) is 249 Å². The van der Waals surface area contributed by atoms with Crippen LogP contribution in [0.4, 0.5) is 0 Å². The molecule has 0 radical (unpaired) electrons. The van der Waals surface area contributed by atoms with Crippen molar-refractivity contribution in [2.75, 3.05) is 0 Å². The molecule has 0 aromatic heterocycles. The molecule has 14 nitrogen and oxygen atoms in total. The summed E-state index contributed by atoms with van der Waals surface area (Å²) in [5.74, 6) is 0. The Balaban J connectivity index is -0.0000000492. The van der Waals surface area contributed by atoms with Crippen LogP contribution in [0.5, 0.6) is 0 Å². The van der Waals surface area contributed by atoms with E-state index in [2.05, 4.69) is 8.62 Å². The van der Waals surface area contributed by atoms with Gasteiger partial charge in [0.15, 0.2) is 0 Å². The summed E-state index contributed by atoms with van der Waals surface area (Å²) in [5.41, 5.74) is 0. The van der Waals surface area contributed by atoms with Gasteiger partial charge in [-0.2, -0.15) is 8.62 Å². The van der Waals surface area contributed by atoms with Crippen LogP contribution >= 0.6 is 31.3 Å². The van der Waals surface area contributed by atoms with Gasteiger partial charge in [0.1, 0.15) is 0 Å². The van der Waals surface area contributed by atoms with Crippen molar-refractivity contribution in [1.29, 1.82) is 0 Å². The van der Waals surface area contributed by atoms with E-state index in [-0.39, 0.29) is 45.4 Å². The van der Waals surface area contributed by atoms with Gasteiger partial charge in [0.25, 0.3) is 0 Å². The molecule has 0 aromatic carbocycles. The largest absolute Gasteiger partial charge is 2.00 e. The van der Waals surface area contributed by atoms with Crippen LogP contribution in [-0.4, -0.2) is 62.2 Å². The Hall–Kier alpha value is 1.91. The minimum absolute atomic E-state index is 0. The standard InChI is InChI=1S/Mg.2H4O7P2.Zn.2H/c;2*1-8(2,3)7-9(4,5)6;;;/h;2*(H2,1,2,3)(H2,4,5,6);;;/q+2;;;;2*-1. The van der Waals surface area contributed by atoms with E-state index in [0.29, 0.717) is 0 Å². The second-order valence-electron chi connectivity index (χ2n) is 2.13. The van der Waals surface area contributed by atoms with Crippen molar-refractivity contribution in [2.45, 2.75) is 0 Å². The van der Waals surface area contributed by atoms with Crippen LogP contribution in [0.1, 0.15) is 2.85 Å². The van der Waals surface area contributed by atoms with E-state index in [1.165, 1.54) is 0 Å². The molecule has 8 N–H and O–H groups in total. The summed E-state index contributed by atoms with van der Waals surface area (Å²) in [7, 11) is -20.2. The van der Waals surface area contributed by atoms with Crippen molar-refractivity contribution >= 4 is 54.3 Å². The Morgan fingerprint density at radius 2 is 0.650 bits per heavy atom. The second-order valence-corrected chi connectivity index (χ2v) is 7.36. The van der Waals surface area contributed by atoms with Crippen molar-refractivity contribution in [3.8, 4) is 0 Å². The molecule has 0 aliphatic rings. The van der Waals surface area contributed by atoms with E-state index in [1.54, 1.807) is 0 Å². The van der Waals surface area contributed by atoms with Crippen LogP contribution in [0, 0.1) is 0 Å². The van der Waals surface area contributed by atoms with E-state index in [9.17, 15) is 18.3 Å². The molecular weight excluding hydrogens is 438 g/mol. The Bertz CT molecular complexity index is 358. The van der Waals surface area contributed by atoms with Crippen LogP contribution in [0.3, 0.4) is 0 Å². The first-order valence-electron chi connectivity index (χ1n) is 3.06. The quantitative estimate of drug-likeness (QED) is 0.175. The SMILES string of the molecule is O=P(O)(O)OP(=O)(O)O.O=P(O)(O)OP(=O)(O)O.[H-].[H-].[Mg+2].[Zn]. The van der Waals surface area contributed by atoms with Gasteiger partial charge in [-0.25, -0.2) is 18.3 Å². The predicted molar refractivity (Wildman–Crippen MR) is 58.3 cm³/mol. The minimum atomic E-state index is -5.05. The summed E-state index contributed by atoms with van der Waals surface area (Å²) < 4.78 is 44.4. The third-order valence-corrected chi connectivity index (χ3v) is 3.83. The van der Waals surface area contributed by atoms with Gasteiger partial charge in [-0.05, 0) is 0 Å². The first-order chi connectivity index (χ1) is 7.41. The maximum atomic E-state index is 9.63. The number of phosphoric acid groups is 4. The molecular formula is H10MgO14P4Zn. The molecule has 0 aliphatic heterocycles. The summed E-state index contributed by atoms with van der Waals surface area (Å²) in [4.78, 5) is 62.0. The van der Waals surface area contributed by atoms with Crippen molar-refractivity contribution in [2.24, 2.45) is 0 Å². The van der Waals surface area contributed by atoms with Gasteiger partial charge in [0.05, 0.1) is 0 Å². The maximum absolute atomic E-state index is 9.63. The minimum Gasteiger partial charge on any atom is -1.00 e. The fourth-order valence-corrected chi connectivity index (χ4v) is 2.49. The molecule has 0 bridgehead atoms. The van der Waals surface area contributed by atoms with E-state index >= 15 is 0 Å². The second kappa shape index (κ2) is 10.6. The molecule has 0 saturated heterocycles. The Kier molecular flexibility index (Phi) is 15.9. The van der Waals surface area contributed by atoms with Gasteiger partial charge in [0, 0.05) is 19.5 Å². The summed E-state index contributed by atoms with van der Waals surface area (Å²) in [6.45, 7) is 0. The Labute approximate surface area is 142 Å². The average molecular weight is 448 g/mol. The first-order valence-corrected chi connectivity index (χ1v) is 9.18. The molecule has 0 fully saturated rings. The monoisotopic (exact) mass is 446 g/mol. The van der Waals surface area contributed by atoms with Gasteiger partial charge >= 0.3 is 54.3 Å². The van der Waals surface area contributed by atoms with Gasteiger partial charge in [-0.15, -0.1) is 0 Å². The first kappa shape index (κ1) is 29.9. The van der Waals surface area contributed by atoms with E-state index in [4.69, 9.17) is 39.1 Å². The van der Waals surface area contributed by atoms with Gasteiger partial charge < -0.3 is 42.0 Å². The summed E-state index contributed by atoms with van der Waals surface area (Å²) in [6, 6.07) is 0. The van der Waals surface area contributed by atoms with E-state index in [0.717, 1.165) is 0 Å². The van der Waals surface area contributed by atoms with E-state index < -0.39 is 31.3 Å². The van der Waals surface area contributed by atoms with E-state index in [1.807, 2.05) is 0 Å². The molecule has 0 heterocycles. The summed E-state index contributed by atoms with van der Waals surface area (Å²) >= 11 is 0. The molecule has 20 heavy (non-hydrogen) atoms. The molecule has 20 heteroatoms. The molecule has 0 aromatic rings. The van der Waals surface area contributed by atoms with Gasteiger partial charge in [-0.1, -0.05) is 0 Å². The molecule has 0 spiro atoms. The normalized spacial score (nSPS) is 12.4. The molecule has 0 saturated carbocycles. The van der Waals surface area contributed by atoms with Crippen LogP contribution in [0.2, 0.25) is 0 Å². The van der Waals surface area contributed by atoms with Gasteiger partial charge in [-0.3, -0.25) is 0 Å². The van der Waals surface area contributed by atoms with Crippen molar-refractivity contribution in [3.05, 3.63) is 0 Å². The van der Waals surface area contributed by atoms with Crippen LogP contribution in [0.25, 0.3) is 0 Å². The zero-order chi connectivity index (χ0) is 15.4. The smallest absolute Gasteiger partial charge is 1.00 e. The number of hydrogen-bond donors (Lipinski definition) is 8. The van der Waals surface area contributed by atoms with Crippen LogP contribution in [0.15, 0.2) is 0 Å². The number of rotatable bonds is 4. The average Bonchev–Trinajstić information content (AvgIpc) is 1.64. The molecule has 118 valence electrons. The summed E-state index contributed by atoms with van der Waals surface area (Å²) in [5, 5.41) is 0. The molecule has 0 rings (SSSR count). The maximum Gasteiger partial charge on any atom is 2.00 e. The molecule has 0 amide bonds. The van der Waals surface area contributed by atoms with Crippen LogP contribution in [-0.2, 0) is 46.4 Å². The van der Waals surface area contributed by atoms with Gasteiger partial charge in [0.2, 0.25) is 0 Å². The predicted octanol–water partition coefficient (Wildman–Crippen LogP) is -1.78. The van der Waals surface area contributed by atoms with Crippen LogP contribution < -0.4 is 0 Å². The molecule has 0 atom stereocenters. The van der Waals surface area contributed by atoms with Crippen molar-refractivity contribution in [1.82, 2.24) is 0 Å². The van der Waals surface area contributed by atoms with Crippen molar-refractivity contribution in [3.63, 3.8) is 0 Å². The Morgan fingerprint density at radius 1 is 0.550 bits per heavy atom. The number of hydrogen-bond acceptors (Lipinski definition) is 6. The fourth-order valence-electron chi connectivity index (χ4n) is 0.277.